The van der Waals surface area contributed by atoms with E-state index in [2.05, 4.69) is 10.1 Å². The molecule has 1 N–H and O–H groups in total. The van der Waals surface area contributed by atoms with Gasteiger partial charge in [0, 0.05) is 17.0 Å². The quantitative estimate of drug-likeness (QED) is 0.525. The molecule has 9 heteroatoms. The number of aromatic nitrogens is 3. The highest BCUT2D eigenvalue weighted by atomic mass is 35.5. The van der Waals surface area contributed by atoms with Gasteiger partial charge in [-0.2, -0.15) is 0 Å². The van der Waals surface area contributed by atoms with Gasteiger partial charge < -0.3 is 0 Å². The number of nitrogens with one attached hydrogen (secondary N) is 1. The lowest BCUT2D eigenvalue weighted by Crippen LogP contribution is -2.60. The summed E-state index contributed by atoms with van der Waals surface area (Å²) < 4.78 is 1.62. The molecule has 3 aromatic rings. The first kappa shape index (κ1) is 17.3. The normalized spacial score (nSPS) is 15.5. The molecular formula is C17H14ClN4O2S2+. The van der Waals surface area contributed by atoms with Crippen LogP contribution in [0, 0.1) is 0 Å². The summed E-state index contributed by atoms with van der Waals surface area (Å²) in [4.78, 5) is 30.8. The van der Waals surface area contributed by atoms with Crippen LogP contribution in [-0.2, 0) is 4.79 Å². The lowest BCUT2D eigenvalue weighted by Gasteiger charge is -2.30. The fraction of sp³-hybridized carbons (Fsp3) is 0.176. The van der Waals surface area contributed by atoms with Crippen LogP contribution in [0.25, 0.3) is 11.3 Å². The monoisotopic (exact) mass is 405 g/mol. The molecular weight excluding hydrogens is 392 g/mol. The van der Waals surface area contributed by atoms with Gasteiger partial charge in [0.15, 0.2) is 0 Å². The molecule has 26 heavy (non-hydrogen) atoms. The molecule has 0 unspecified atom stereocenters. The molecule has 0 aliphatic carbocycles. The molecule has 1 atom stereocenters. The zero-order valence-electron chi connectivity index (χ0n) is 13.9. The van der Waals surface area contributed by atoms with Gasteiger partial charge in [0.2, 0.25) is 11.1 Å². The van der Waals surface area contributed by atoms with Gasteiger partial charge in [-0.1, -0.05) is 29.4 Å². The van der Waals surface area contributed by atoms with E-state index in [0.29, 0.717) is 27.1 Å². The van der Waals surface area contributed by atoms with E-state index in [1.54, 1.807) is 27.8 Å². The molecule has 4 rings (SSSR count). The Morgan fingerprint density at radius 2 is 2.23 bits per heavy atom. The lowest BCUT2D eigenvalue weighted by molar-refractivity contribution is -0.762. The van der Waals surface area contributed by atoms with Crippen molar-refractivity contribution in [2.45, 2.75) is 18.2 Å². The summed E-state index contributed by atoms with van der Waals surface area (Å²) in [7, 11) is 0. The van der Waals surface area contributed by atoms with Crippen LogP contribution in [-0.4, -0.2) is 22.2 Å². The number of fused-ring (bicyclic) bond motifs is 3. The average molecular weight is 406 g/mol. The summed E-state index contributed by atoms with van der Waals surface area (Å²) in [6.45, 7) is 1.51. The Bertz CT molecular complexity index is 1070. The Labute approximate surface area is 162 Å². The second-order valence-electron chi connectivity index (χ2n) is 5.70. The number of rotatable bonds is 2. The summed E-state index contributed by atoms with van der Waals surface area (Å²) in [5.74, 6) is -0.141. The number of carbonyl (C=O) groups excluding carboxylic acids is 1. The molecule has 3 heterocycles. The van der Waals surface area contributed by atoms with Crippen molar-refractivity contribution in [1.29, 1.82) is 0 Å². The fourth-order valence-electron chi connectivity index (χ4n) is 3.12. The van der Waals surface area contributed by atoms with Crippen molar-refractivity contribution in [3.63, 3.8) is 0 Å². The third-order valence-corrected chi connectivity index (χ3v) is 5.86. The third kappa shape index (κ3) is 2.65. The van der Waals surface area contributed by atoms with E-state index in [-0.39, 0.29) is 11.5 Å². The molecule has 0 spiro atoms. The van der Waals surface area contributed by atoms with Gasteiger partial charge >= 0.3 is 17.4 Å². The molecule has 1 aromatic carbocycles. The van der Waals surface area contributed by atoms with Gasteiger partial charge in [-0.25, -0.2) is 4.90 Å². The number of hydrogen-bond donors (Lipinski definition) is 1. The summed E-state index contributed by atoms with van der Waals surface area (Å²) in [5, 5.41) is 7.49. The summed E-state index contributed by atoms with van der Waals surface area (Å²) >= 11 is 9.02. The van der Waals surface area contributed by atoms with Crippen LogP contribution < -0.4 is 15.1 Å². The number of nitrogens with zero attached hydrogens (tertiary/aromatic N) is 3. The lowest BCUT2D eigenvalue weighted by atomic mass is 10.0. The van der Waals surface area contributed by atoms with Gasteiger partial charge in [0.05, 0.1) is 16.1 Å². The Balaban J connectivity index is 2.12. The molecule has 132 valence electrons. The van der Waals surface area contributed by atoms with E-state index in [9.17, 15) is 9.59 Å². The van der Waals surface area contributed by atoms with Crippen LogP contribution in [0.15, 0.2) is 45.7 Å². The van der Waals surface area contributed by atoms with Crippen LogP contribution in [0.5, 0.6) is 0 Å². The molecule has 0 radical (unpaired) electrons. The number of aromatic amines is 1. The maximum absolute atomic E-state index is 12.8. The standard InChI is InChI=1S/C17H13ClN4O2S2/c1-9(23)21-12-6-5-10(18)8-11(12)14-15(24)19-17(25-2)20-22(14)16(21)13-4-3-7-26-13/h3-8,16H,1-2H3/p+1/t16-/m1/s1. The number of anilines is 1. The number of halogens is 1. The minimum Gasteiger partial charge on any atom is -0.291 e. The smallest absolute Gasteiger partial charge is 0.291 e. The van der Waals surface area contributed by atoms with Crippen molar-refractivity contribution < 1.29 is 9.48 Å². The second kappa shape index (κ2) is 6.53. The van der Waals surface area contributed by atoms with Gasteiger partial charge in [-0.05, 0) is 40.6 Å². The maximum atomic E-state index is 12.8. The zero-order chi connectivity index (χ0) is 18.4. The Hall–Kier alpha value is -2.16. The molecule has 0 bridgehead atoms. The molecule has 0 saturated heterocycles. The second-order valence-corrected chi connectivity index (χ2v) is 7.91. The van der Waals surface area contributed by atoms with Gasteiger partial charge in [-0.3, -0.25) is 14.6 Å². The zero-order valence-corrected chi connectivity index (χ0v) is 16.3. The van der Waals surface area contributed by atoms with Gasteiger partial charge in [-0.15, -0.1) is 11.3 Å². The van der Waals surface area contributed by atoms with Crippen LogP contribution in [0.3, 0.4) is 0 Å². The van der Waals surface area contributed by atoms with Crippen LogP contribution >= 0.6 is 34.7 Å². The first-order valence-electron chi connectivity index (χ1n) is 7.74. The molecule has 0 saturated carbocycles. The Kier molecular flexibility index (Phi) is 4.34. The van der Waals surface area contributed by atoms with Crippen molar-refractivity contribution >= 4 is 46.3 Å². The summed E-state index contributed by atoms with van der Waals surface area (Å²) in [5.41, 5.74) is 1.35. The highest BCUT2D eigenvalue weighted by Gasteiger charge is 2.45. The van der Waals surface area contributed by atoms with Crippen molar-refractivity contribution in [3.8, 4) is 11.3 Å². The fourth-order valence-corrected chi connectivity index (χ4v) is 4.46. The predicted octanol–water partition coefficient (Wildman–Crippen LogP) is 3.07. The highest BCUT2D eigenvalue weighted by molar-refractivity contribution is 7.98. The van der Waals surface area contributed by atoms with Crippen molar-refractivity contribution in [2.24, 2.45) is 0 Å². The van der Waals surface area contributed by atoms with E-state index >= 15 is 0 Å². The molecule has 1 aliphatic rings. The average Bonchev–Trinajstić information content (AvgIpc) is 3.13. The van der Waals surface area contributed by atoms with Crippen molar-refractivity contribution in [2.75, 3.05) is 11.2 Å². The third-order valence-electron chi connectivity index (χ3n) is 4.14. The van der Waals surface area contributed by atoms with Gasteiger partial charge in [0.25, 0.3) is 0 Å². The maximum Gasteiger partial charge on any atom is 0.325 e. The van der Waals surface area contributed by atoms with Crippen molar-refractivity contribution in [3.05, 3.63) is 56.0 Å². The number of amides is 1. The predicted molar refractivity (Wildman–Crippen MR) is 103 cm³/mol. The Morgan fingerprint density at radius 3 is 2.88 bits per heavy atom. The van der Waals surface area contributed by atoms with Crippen LogP contribution in [0.1, 0.15) is 18.0 Å². The van der Waals surface area contributed by atoms with Crippen LogP contribution in [0.2, 0.25) is 5.02 Å². The molecule has 2 aromatic heterocycles. The van der Waals surface area contributed by atoms with E-state index in [1.807, 2.05) is 23.8 Å². The molecule has 1 aliphatic heterocycles. The summed E-state index contributed by atoms with van der Waals surface area (Å²) in [6, 6.07) is 9.03. The number of thioether (sulfide) groups is 1. The Morgan fingerprint density at radius 1 is 1.42 bits per heavy atom. The molecule has 6 nitrogen and oxygen atoms in total. The SMILES string of the molecule is CSc1n[n+]2c(c(=O)[nH]1)-c1cc(Cl)ccc1N(C(C)=O)[C@H]2c1cccs1. The number of hydrogen-bond acceptors (Lipinski definition) is 5. The summed E-state index contributed by atoms with van der Waals surface area (Å²) in [6.07, 6.45) is 1.31. The number of benzene rings is 1. The highest BCUT2D eigenvalue weighted by Crippen LogP contribution is 2.39. The molecule has 0 fully saturated rings. The first-order chi connectivity index (χ1) is 12.5. The number of thiophene rings is 1. The van der Waals surface area contributed by atoms with E-state index in [0.717, 1.165) is 4.88 Å². The van der Waals surface area contributed by atoms with E-state index in [1.165, 1.54) is 30.0 Å². The van der Waals surface area contributed by atoms with E-state index < -0.39 is 6.17 Å². The topological polar surface area (TPSA) is 69.9 Å². The van der Waals surface area contributed by atoms with Gasteiger partial charge in [0.1, 0.15) is 0 Å². The number of H-pyrrole nitrogens is 1. The van der Waals surface area contributed by atoms with Crippen molar-refractivity contribution in [1.82, 2.24) is 10.1 Å². The van der Waals surface area contributed by atoms with Crippen LogP contribution in [0.4, 0.5) is 5.69 Å². The molecule has 1 amide bonds. The largest absolute Gasteiger partial charge is 0.325 e. The minimum absolute atomic E-state index is 0.141. The first-order valence-corrected chi connectivity index (χ1v) is 10.2. The minimum atomic E-state index is -0.524. The van der Waals surface area contributed by atoms with E-state index in [4.69, 9.17) is 11.6 Å². The number of carbonyl (C=O) groups is 1.